The van der Waals surface area contributed by atoms with Crippen LogP contribution >= 0.6 is 0 Å². The highest BCUT2D eigenvalue weighted by Gasteiger charge is 2.43. The van der Waals surface area contributed by atoms with Crippen molar-refractivity contribution in [2.24, 2.45) is 0 Å². The van der Waals surface area contributed by atoms with E-state index in [4.69, 9.17) is 4.74 Å². The maximum atomic E-state index is 6.46. The molecule has 1 aliphatic heterocycles. The molecule has 0 aliphatic carbocycles. The van der Waals surface area contributed by atoms with Gasteiger partial charge in [-0.25, -0.2) is 4.98 Å². The fourth-order valence-electron chi connectivity index (χ4n) is 4.59. The Hall–Kier alpha value is -1.81. The zero-order valence-corrected chi connectivity index (χ0v) is 17.2. The van der Waals surface area contributed by atoms with Gasteiger partial charge in [-0.15, -0.1) is 0 Å². The number of fused-ring (bicyclic) bond motifs is 1. The molecule has 1 atom stereocenters. The van der Waals surface area contributed by atoms with Gasteiger partial charge in [0.25, 0.3) is 0 Å². The number of rotatable bonds is 5. The molecule has 0 amide bonds. The molecule has 1 aliphatic rings. The van der Waals surface area contributed by atoms with Crippen LogP contribution in [0.4, 0.5) is 0 Å². The van der Waals surface area contributed by atoms with Crippen LogP contribution in [0.5, 0.6) is 0 Å². The molecule has 0 fully saturated rings. The van der Waals surface area contributed by atoms with E-state index in [2.05, 4.69) is 81.1 Å². The summed E-state index contributed by atoms with van der Waals surface area (Å²) in [5.41, 5.74) is 5.63. The van der Waals surface area contributed by atoms with Gasteiger partial charge in [0.2, 0.25) is 0 Å². The molecule has 1 unspecified atom stereocenters. The first kappa shape index (κ1) is 18.0. The summed E-state index contributed by atoms with van der Waals surface area (Å²) in [6, 6.07) is 10.4. The van der Waals surface area contributed by atoms with Crippen LogP contribution in [-0.4, -0.2) is 17.6 Å². The monoisotopic (exact) mass is 354 g/mol. The Labute approximate surface area is 152 Å². The topological polar surface area (TPSA) is 27.1 Å². The van der Waals surface area contributed by atoms with Crippen LogP contribution in [0.15, 0.2) is 48.4 Å². The molecule has 0 saturated carbocycles. The molecule has 3 rings (SSSR count). The maximum Gasteiger partial charge on any atom is 0.192 e. The minimum Gasteiger partial charge on any atom is -0.463 e. The van der Waals surface area contributed by atoms with Crippen LogP contribution in [0.1, 0.15) is 59.0 Å². The van der Waals surface area contributed by atoms with Crippen molar-refractivity contribution in [1.82, 2.24) is 9.55 Å². The fourth-order valence-corrected chi connectivity index (χ4v) is 10.2. The predicted octanol–water partition coefficient (Wildman–Crippen LogP) is 6.02. The molecule has 0 bridgehead atoms. The van der Waals surface area contributed by atoms with Crippen LogP contribution in [0, 0.1) is 0 Å². The smallest absolute Gasteiger partial charge is 0.192 e. The summed E-state index contributed by atoms with van der Waals surface area (Å²) in [5.74, 6) is 1.96. The second-order valence-corrected chi connectivity index (χ2v) is 13.8. The van der Waals surface area contributed by atoms with Crippen LogP contribution in [0.3, 0.4) is 0 Å². The van der Waals surface area contributed by atoms with Crippen molar-refractivity contribution in [2.75, 3.05) is 0 Å². The highest BCUT2D eigenvalue weighted by molar-refractivity contribution is 6.88. The van der Waals surface area contributed by atoms with E-state index in [1.807, 2.05) is 18.5 Å². The van der Waals surface area contributed by atoms with Gasteiger partial charge in [-0.1, -0.05) is 71.9 Å². The van der Waals surface area contributed by atoms with Gasteiger partial charge in [0.05, 0.1) is 8.07 Å². The van der Waals surface area contributed by atoms with Crippen LogP contribution < -0.4 is 0 Å². The van der Waals surface area contributed by atoms with E-state index in [9.17, 15) is 0 Å². The number of imidazole rings is 1. The minimum absolute atomic E-state index is 0.111. The molecule has 2 heterocycles. The summed E-state index contributed by atoms with van der Waals surface area (Å²) in [4.78, 5) is 4.58. The molecule has 1 aromatic carbocycles. The lowest BCUT2D eigenvalue weighted by molar-refractivity contribution is 0.222. The van der Waals surface area contributed by atoms with Gasteiger partial charge < -0.3 is 4.74 Å². The number of aromatic nitrogens is 2. The molecule has 0 radical (unpaired) electrons. The predicted molar refractivity (Wildman–Crippen MR) is 107 cm³/mol. The first-order valence-corrected chi connectivity index (χ1v) is 11.7. The van der Waals surface area contributed by atoms with E-state index in [1.54, 1.807) is 0 Å². The van der Waals surface area contributed by atoms with Crippen LogP contribution in [-0.2, 0) is 4.74 Å². The van der Waals surface area contributed by atoms with E-state index in [0.29, 0.717) is 16.6 Å². The van der Waals surface area contributed by atoms with Crippen molar-refractivity contribution in [3.05, 3.63) is 59.8 Å². The fraction of sp³-hybridized carbons (Fsp3) is 0.476. The Morgan fingerprint density at radius 1 is 1.00 bits per heavy atom. The first-order chi connectivity index (χ1) is 11.9. The molecule has 134 valence electrons. The lowest BCUT2D eigenvalue weighted by Gasteiger charge is -2.40. The molecule has 0 spiro atoms. The third-order valence-electron chi connectivity index (χ3n) is 5.86. The normalized spacial score (nSPS) is 19.1. The SMILES string of the molecule is CC(C)[Si](/C=C1\OC(c2ccccc2)c2nccn21)(C(C)C)C(C)C. The summed E-state index contributed by atoms with van der Waals surface area (Å²) in [6.45, 7) is 14.3. The first-order valence-electron chi connectivity index (χ1n) is 9.36. The van der Waals surface area contributed by atoms with Crippen LogP contribution in [0.2, 0.25) is 16.6 Å². The van der Waals surface area contributed by atoms with E-state index in [1.165, 1.54) is 0 Å². The van der Waals surface area contributed by atoms with Gasteiger partial charge in [0.1, 0.15) is 0 Å². The maximum absolute atomic E-state index is 6.46. The lowest BCUT2D eigenvalue weighted by Crippen LogP contribution is -2.43. The standard InChI is InChI=1S/C21H30N2OSi/c1-15(2)25(16(3)4,17(5)6)14-19-23-13-12-22-21(23)20(24-19)18-10-8-7-9-11-18/h7-17,20H,1-6H3/b19-14-. The summed E-state index contributed by atoms with van der Waals surface area (Å²) >= 11 is 0. The van der Waals surface area contributed by atoms with E-state index < -0.39 is 8.07 Å². The summed E-state index contributed by atoms with van der Waals surface area (Å²) < 4.78 is 8.61. The third-order valence-corrected chi connectivity index (χ3v) is 12.6. The highest BCUT2D eigenvalue weighted by Crippen LogP contribution is 2.45. The molecule has 0 saturated heterocycles. The van der Waals surface area contributed by atoms with Gasteiger partial charge in [-0.2, -0.15) is 0 Å². The second-order valence-electron chi connectivity index (χ2n) is 8.01. The lowest BCUT2D eigenvalue weighted by atomic mass is 10.1. The zero-order chi connectivity index (χ0) is 18.2. The highest BCUT2D eigenvalue weighted by atomic mass is 28.3. The molecule has 1 aromatic heterocycles. The number of hydrogen-bond donors (Lipinski definition) is 0. The van der Waals surface area contributed by atoms with E-state index in [0.717, 1.165) is 17.3 Å². The van der Waals surface area contributed by atoms with Crippen LogP contribution in [0.25, 0.3) is 5.88 Å². The Bertz CT molecular complexity index is 724. The molecular formula is C21H30N2OSi. The largest absolute Gasteiger partial charge is 0.463 e. The van der Waals surface area contributed by atoms with Crippen molar-refractivity contribution >= 4 is 14.0 Å². The van der Waals surface area contributed by atoms with Gasteiger partial charge in [0.15, 0.2) is 17.8 Å². The van der Waals surface area contributed by atoms with E-state index in [-0.39, 0.29) is 6.10 Å². The van der Waals surface area contributed by atoms with Crippen molar-refractivity contribution < 1.29 is 4.74 Å². The molecule has 0 N–H and O–H groups in total. The second kappa shape index (κ2) is 6.83. The minimum atomic E-state index is -1.70. The van der Waals surface area contributed by atoms with Gasteiger partial charge in [-0.3, -0.25) is 4.57 Å². The zero-order valence-electron chi connectivity index (χ0n) is 16.2. The van der Waals surface area contributed by atoms with Crippen molar-refractivity contribution in [1.29, 1.82) is 0 Å². The third kappa shape index (κ3) is 2.97. The quantitative estimate of drug-likeness (QED) is 0.614. The Kier molecular flexibility index (Phi) is 4.92. The Morgan fingerprint density at radius 2 is 1.60 bits per heavy atom. The summed E-state index contributed by atoms with van der Waals surface area (Å²) in [6.07, 6.45) is 3.80. The van der Waals surface area contributed by atoms with Gasteiger partial charge in [-0.05, 0) is 22.3 Å². The van der Waals surface area contributed by atoms with E-state index >= 15 is 0 Å². The molecule has 3 nitrogen and oxygen atoms in total. The molecule has 25 heavy (non-hydrogen) atoms. The van der Waals surface area contributed by atoms with Crippen molar-refractivity contribution in [2.45, 2.75) is 64.3 Å². The molecule has 4 heteroatoms. The number of nitrogens with zero attached hydrogens (tertiary/aromatic N) is 2. The number of hydrogen-bond acceptors (Lipinski definition) is 2. The Morgan fingerprint density at radius 3 is 2.16 bits per heavy atom. The summed E-state index contributed by atoms with van der Waals surface area (Å²) in [7, 11) is -1.70. The van der Waals surface area contributed by atoms with Gasteiger partial charge in [0, 0.05) is 18.0 Å². The van der Waals surface area contributed by atoms with Gasteiger partial charge >= 0.3 is 0 Å². The number of ether oxygens (including phenoxy) is 1. The summed E-state index contributed by atoms with van der Waals surface area (Å²) in [5, 5.41) is 0. The van der Waals surface area contributed by atoms with Crippen molar-refractivity contribution in [3.63, 3.8) is 0 Å². The van der Waals surface area contributed by atoms with Crippen molar-refractivity contribution in [3.8, 4) is 0 Å². The molecule has 2 aromatic rings. The average molecular weight is 355 g/mol. The molecular weight excluding hydrogens is 324 g/mol. The Balaban J connectivity index is 2.08. The average Bonchev–Trinajstić information content (AvgIpc) is 3.15. The number of benzene rings is 1.